The third-order valence-electron chi connectivity index (χ3n) is 4.37. The van der Waals surface area contributed by atoms with Gasteiger partial charge in [-0.1, -0.05) is 30.0 Å². The van der Waals surface area contributed by atoms with E-state index in [2.05, 4.69) is 5.10 Å². The van der Waals surface area contributed by atoms with Gasteiger partial charge in [0.15, 0.2) is 0 Å². The van der Waals surface area contributed by atoms with Crippen LogP contribution in [0.1, 0.15) is 17.5 Å². The predicted molar refractivity (Wildman–Crippen MR) is 94.6 cm³/mol. The molecule has 1 spiro atoms. The van der Waals surface area contributed by atoms with Crippen molar-refractivity contribution in [3.05, 3.63) is 65.2 Å². The summed E-state index contributed by atoms with van der Waals surface area (Å²) in [5, 5.41) is 5.85. The maximum absolute atomic E-state index is 14.3. The first-order valence-corrected chi connectivity index (χ1v) is 8.85. The van der Waals surface area contributed by atoms with Crippen LogP contribution in [0.25, 0.3) is 0 Å². The molecule has 1 unspecified atom stereocenters. The Balaban J connectivity index is 1.85. The molecule has 5 nitrogen and oxygen atoms in total. The third kappa shape index (κ3) is 2.57. The van der Waals surface area contributed by atoms with Crippen LogP contribution in [0, 0.1) is 11.6 Å². The molecule has 4 rings (SSSR count). The number of nitrogens with zero attached hydrogens (tertiary/aromatic N) is 2. The lowest BCUT2D eigenvalue weighted by Crippen LogP contribution is -2.46. The molecule has 2 heterocycles. The van der Waals surface area contributed by atoms with E-state index in [0.29, 0.717) is 18.8 Å². The first kappa shape index (κ1) is 17.0. The van der Waals surface area contributed by atoms with Crippen LogP contribution in [0.3, 0.4) is 0 Å². The van der Waals surface area contributed by atoms with E-state index in [1.165, 1.54) is 16.8 Å². The van der Waals surface area contributed by atoms with Gasteiger partial charge in [-0.05, 0) is 24.3 Å². The van der Waals surface area contributed by atoms with Gasteiger partial charge < -0.3 is 10.5 Å². The minimum absolute atomic E-state index is 0.0191. The van der Waals surface area contributed by atoms with E-state index in [-0.39, 0.29) is 17.2 Å². The molecule has 0 aromatic heterocycles. The van der Waals surface area contributed by atoms with Crippen molar-refractivity contribution >= 4 is 22.7 Å². The Kier molecular flexibility index (Phi) is 4.16. The number of ether oxygens (including phenoxy) is 1. The van der Waals surface area contributed by atoms with Crippen LogP contribution >= 0.6 is 11.8 Å². The second-order valence-electron chi connectivity index (χ2n) is 5.92. The zero-order valence-corrected chi connectivity index (χ0v) is 14.4. The van der Waals surface area contributed by atoms with Crippen LogP contribution in [-0.4, -0.2) is 29.1 Å². The summed E-state index contributed by atoms with van der Waals surface area (Å²) in [6.07, 6.45) is 0.449. The van der Waals surface area contributed by atoms with E-state index in [1.54, 1.807) is 0 Å². The summed E-state index contributed by atoms with van der Waals surface area (Å²) in [4.78, 5) is 11.6. The molecule has 1 atom stereocenters. The number of thioether (sulfide) groups is 1. The van der Waals surface area contributed by atoms with Gasteiger partial charge in [0, 0.05) is 17.5 Å². The van der Waals surface area contributed by atoms with Gasteiger partial charge in [-0.25, -0.2) is 13.8 Å². The molecule has 2 aliphatic heterocycles. The monoisotopic (exact) mass is 375 g/mol. The second kappa shape index (κ2) is 6.37. The van der Waals surface area contributed by atoms with Crippen molar-refractivity contribution in [3.63, 3.8) is 0 Å². The van der Waals surface area contributed by atoms with Crippen LogP contribution in [0.5, 0.6) is 5.75 Å². The van der Waals surface area contributed by atoms with E-state index in [0.717, 1.165) is 23.8 Å². The Morgan fingerprint density at radius 3 is 2.92 bits per heavy atom. The second-order valence-corrected chi connectivity index (χ2v) is 7.19. The lowest BCUT2D eigenvalue weighted by molar-refractivity contribution is -0.133. The van der Waals surface area contributed by atoms with Crippen molar-refractivity contribution in [1.82, 2.24) is 5.01 Å². The number of para-hydroxylation sites is 1. The Hall–Kier alpha value is -2.45. The molecule has 2 aromatic rings. The number of carbonyl (C=O) groups excluding carboxylic acids is 1. The van der Waals surface area contributed by atoms with Gasteiger partial charge in [0.25, 0.3) is 5.91 Å². The molecule has 0 fully saturated rings. The topological polar surface area (TPSA) is 67.9 Å². The lowest BCUT2D eigenvalue weighted by atomic mass is 9.99. The highest BCUT2D eigenvalue weighted by Gasteiger charge is 2.51. The van der Waals surface area contributed by atoms with E-state index in [1.807, 2.05) is 24.3 Å². The summed E-state index contributed by atoms with van der Waals surface area (Å²) in [5.74, 6) is -0.942. The van der Waals surface area contributed by atoms with Crippen molar-refractivity contribution in [1.29, 1.82) is 0 Å². The summed E-state index contributed by atoms with van der Waals surface area (Å²) in [7, 11) is 0. The third-order valence-corrected chi connectivity index (χ3v) is 5.80. The minimum atomic E-state index is -0.889. The number of rotatable bonds is 2. The Bertz CT molecular complexity index is 921. The highest BCUT2D eigenvalue weighted by molar-refractivity contribution is 8.15. The van der Waals surface area contributed by atoms with Gasteiger partial charge in [0.1, 0.15) is 27.3 Å². The molecule has 2 aliphatic rings. The van der Waals surface area contributed by atoms with Crippen LogP contribution in [0.4, 0.5) is 8.78 Å². The summed E-state index contributed by atoms with van der Waals surface area (Å²) >= 11 is 1.22. The van der Waals surface area contributed by atoms with Gasteiger partial charge in [-0.15, -0.1) is 0 Å². The molecule has 0 saturated heterocycles. The largest absolute Gasteiger partial charge is 0.493 e. The molecule has 0 saturated carbocycles. The van der Waals surface area contributed by atoms with Gasteiger partial charge in [-0.2, -0.15) is 5.10 Å². The predicted octanol–water partition coefficient (Wildman–Crippen LogP) is 2.80. The van der Waals surface area contributed by atoms with E-state index in [4.69, 9.17) is 10.5 Å². The molecule has 0 bridgehead atoms. The van der Waals surface area contributed by atoms with Crippen molar-refractivity contribution in [2.45, 2.75) is 11.3 Å². The number of fused-ring (bicyclic) bond motifs is 2. The highest BCUT2D eigenvalue weighted by atomic mass is 32.2. The maximum Gasteiger partial charge on any atom is 0.258 e. The molecular formula is C18H15F2N3O2S. The zero-order chi connectivity index (χ0) is 18.3. The normalized spacial score (nSPS) is 21.3. The Morgan fingerprint density at radius 2 is 2.12 bits per heavy atom. The summed E-state index contributed by atoms with van der Waals surface area (Å²) in [5.41, 5.74) is 6.34. The number of nitrogens with two attached hydrogens (primary N) is 1. The molecular weight excluding hydrogens is 360 g/mol. The smallest absolute Gasteiger partial charge is 0.258 e. The number of halogens is 2. The molecule has 1 amide bonds. The fourth-order valence-corrected chi connectivity index (χ4v) is 4.59. The van der Waals surface area contributed by atoms with Crippen molar-refractivity contribution in [2.24, 2.45) is 10.8 Å². The molecule has 26 heavy (non-hydrogen) atoms. The van der Waals surface area contributed by atoms with E-state index < -0.39 is 22.4 Å². The Morgan fingerprint density at radius 1 is 1.31 bits per heavy atom. The quantitative estimate of drug-likeness (QED) is 0.877. The van der Waals surface area contributed by atoms with Crippen molar-refractivity contribution in [3.8, 4) is 5.75 Å². The minimum Gasteiger partial charge on any atom is -0.493 e. The fraction of sp³-hybridized carbons (Fsp3) is 0.222. The Labute approximate surface area is 152 Å². The molecule has 2 N–H and O–H groups in total. The average molecular weight is 375 g/mol. The van der Waals surface area contributed by atoms with Crippen LogP contribution in [0.2, 0.25) is 0 Å². The van der Waals surface area contributed by atoms with Gasteiger partial charge in [0.05, 0.1) is 13.2 Å². The van der Waals surface area contributed by atoms with Crippen LogP contribution in [-0.2, 0) is 9.67 Å². The zero-order valence-electron chi connectivity index (χ0n) is 13.6. The maximum atomic E-state index is 14.3. The lowest BCUT2D eigenvalue weighted by Gasteiger charge is -2.39. The van der Waals surface area contributed by atoms with E-state index in [9.17, 15) is 13.6 Å². The van der Waals surface area contributed by atoms with Crippen LogP contribution in [0.15, 0.2) is 47.6 Å². The van der Waals surface area contributed by atoms with Gasteiger partial charge in [-0.3, -0.25) is 4.79 Å². The van der Waals surface area contributed by atoms with Crippen LogP contribution < -0.4 is 10.5 Å². The summed E-state index contributed by atoms with van der Waals surface area (Å²) in [6, 6.07) is 10.5. The van der Waals surface area contributed by atoms with Crippen molar-refractivity contribution in [2.75, 3.05) is 13.2 Å². The highest BCUT2D eigenvalue weighted by Crippen LogP contribution is 2.54. The molecule has 2 aromatic carbocycles. The molecule has 0 radical (unpaired) electrons. The number of hydrogen-bond acceptors (Lipinski definition) is 5. The molecule has 134 valence electrons. The summed E-state index contributed by atoms with van der Waals surface area (Å²) < 4.78 is 33.6. The number of carbonyl (C=O) groups is 1. The van der Waals surface area contributed by atoms with E-state index >= 15 is 0 Å². The first-order chi connectivity index (χ1) is 12.5. The molecule has 0 aliphatic carbocycles. The average Bonchev–Trinajstić information content (AvgIpc) is 3.03. The number of amides is 1. The first-order valence-electron chi connectivity index (χ1n) is 8.03. The fourth-order valence-electron chi connectivity index (χ4n) is 3.18. The SMILES string of the molecule is NCC(=O)N1N=C(c2cc(F)ccc2F)SC12CCOc1ccccc12. The van der Waals surface area contributed by atoms with Crippen molar-refractivity contribution < 1.29 is 18.3 Å². The number of hydrazone groups is 1. The standard InChI is InChI=1S/C18H15F2N3O2S/c19-11-5-6-14(20)12(9-11)17-22-23(16(24)10-21)18(26-17)7-8-25-15-4-2-1-3-13(15)18/h1-6,9H,7-8,10,21H2. The number of benzene rings is 2. The molecule has 8 heteroatoms. The van der Waals surface area contributed by atoms with Gasteiger partial charge >= 0.3 is 0 Å². The number of hydrogen-bond donors (Lipinski definition) is 1. The van der Waals surface area contributed by atoms with Gasteiger partial charge in [0.2, 0.25) is 0 Å². The summed E-state index contributed by atoms with van der Waals surface area (Å²) in [6.45, 7) is 0.126.